The van der Waals surface area contributed by atoms with Crippen LogP contribution >= 0.6 is 58.8 Å². The van der Waals surface area contributed by atoms with Gasteiger partial charge in [-0.05, 0) is 25.0 Å². The molecule has 2 rings (SSSR count). The monoisotopic (exact) mass is 533 g/mol. The van der Waals surface area contributed by atoms with Gasteiger partial charge in [0.2, 0.25) is 0 Å². The predicted octanol–water partition coefficient (Wildman–Crippen LogP) is 4.55. The second-order valence-electron chi connectivity index (χ2n) is 5.41. The molecular weight excluding hydrogens is 511 g/mol. The van der Waals surface area contributed by atoms with E-state index >= 15 is 0 Å². The van der Waals surface area contributed by atoms with Crippen molar-refractivity contribution >= 4 is 64.7 Å². The first kappa shape index (κ1) is 23.6. The molecule has 0 aromatic heterocycles. The van der Waals surface area contributed by atoms with Gasteiger partial charge in [0.25, 0.3) is 0 Å². The minimum atomic E-state index is 0. The highest BCUT2D eigenvalue weighted by atomic mass is 127. The Labute approximate surface area is 186 Å². The molecule has 2 N–H and O–H groups in total. The fourth-order valence-corrected chi connectivity index (χ4v) is 3.27. The lowest BCUT2D eigenvalue weighted by Gasteiger charge is -2.16. The van der Waals surface area contributed by atoms with Crippen molar-refractivity contribution in [2.75, 3.05) is 40.0 Å². The number of nitrogens with zero attached hydrogens (tertiary/aromatic N) is 1. The third kappa shape index (κ3) is 8.08. The summed E-state index contributed by atoms with van der Waals surface area (Å²) in [5, 5.41) is 7.73. The van der Waals surface area contributed by atoms with E-state index in [4.69, 9.17) is 44.3 Å². The molecule has 0 aliphatic carbocycles. The van der Waals surface area contributed by atoms with Gasteiger partial charge < -0.3 is 20.1 Å². The molecule has 26 heavy (non-hydrogen) atoms. The minimum absolute atomic E-state index is 0. The summed E-state index contributed by atoms with van der Waals surface area (Å²) < 4.78 is 10.9. The zero-order valence-electron chi connectivity index (χ0n) is 14.5. The fourth-order valence-electron chi connectivity index (χ4n) is 2.34. The van der Waals surface area contributed by atoms with Crippen molar-refractivity contribution in [1.82, 2.24) is 10.6 Å². The van der Waals surface area contributed by atoms with Gasteiger partial charge in [-0.3, -0.25) is 4.99 Å². The average molecular weight is 535 g/mol. The molecule has 0 saturated heterocycles. The molecule has 0 atom stereocenters. The lowest BCUT2D eigenvalue weighted by molar-refractivity contribution is 0.153. The van der Waals surface area contributed by atoms with Crippen molar-refractivity contribution in [2.45, 2.75) is 12.8 Å². The number of rotatable bonds is 7. The van der Waals surface area contributed by atoms with Crippen molar-refractivity contribution in [3.8, 4) is 5.75 Å². The van der Waals surface area contributed by atoms with E-state index < -0.39 is 0 Å². The normalized spacial score (nSPS) is 14.3. The summed E-state index contributed by atoms with van der Waals surface area (Å²) in [7, 11) is 1.73. The van der Waals surface area contributed by atoms with Gasteiger partial charge in [-0.25, -0.2) is 0 Å². The van der Waals surface area contributed by atoms with Crippen LogP contribution in [0.25, 0.3) is 0 Å². The highest BCUT2D eigenvalue weighted by Gasteiger charge is 2.09. The Kier molecular flexibility index (Phi) is 11.7. The summed E-state index contributed by atoms with van der Waals surface area (Å²) in [4.78, 5) is 4.19. The smallest absolute Gasteiger partial charge is 0.191 e. The first-order chi connectivity index (χ1) is 12.1. The zero-order chi connectivity index (χ0) is 18.1. The van der Waals surface area contributed by atoms with E-state index in [1.807, 2.05) is 0 Å². The number of benzene rings is 1. The Bertz CT molecular complexity index is 619. The van der Waals surface area contributed by atoms with Gasteiger partial charge in [-0.2, -0.15) is 0 Å². The molecule has 0 amide bonds. The number of hydrogen-bond donors (Lipinski definition) is 2. The summed E-state index contributed by atoms with van der Waals surface area (Å²) >= 11 is 18.0. The number of halogens is 4. The van der Waals surface area contributed by atoms with Crippen LogP contribution in [0.1, 0.15) is 12.8 Å². The maximum absolute atomic E-state index is 6.08. The summed E-state index contributed by atoms with van der Waals surface area (Å²) in [6.07, 6.45) is 4.13. The van der Waals surface area contributed by atoms with Crippen LogP contribution in [-0.4, -0.2) is 45.9 Å². The van der Waals surface area contributed by atoms with Gasteiger partial charge in [0.05, 0.1) is 29.8 Å². The van der Waals surface area contributed by atoms with Crippen molar-refractivity contribution in [2.24, 2.45) is 4.99 Å². The zero-order valence-corrected chi connectivity index (χ0v) is 19.1. The molecule has 0 spiro atoms. The lowest BCUT2D eigenvalue weighted by Crippen LogP contribution is -2.39. The van der Waals surface area contributed by atoms with E-state index in [1.54, 1.807) is 19.2 Å². The Morgan fingerprint density at radius 2 is 1.88 bits per heavy atom. The molecular formula is C17H23Cl3IN3O2. The summed E-state index contributed by atoms with van der Waals surface area (Å²) in [5.41, 5.74) is 1.42. The molecule has 5 nitrogen and oxygen atoms in total. The molecule has 0 fully saturated rings. The van der Waals surface area contributed by atoms with Crippen LogP contribution in [0, 0.1) is 0 Å². The van der Waals surface area contributed by atoms with E-state index in [9.17, 15) is 0 Å². The largest absolute Gasteiger partial charge is 0.489 e. The predicted molar refractivity (Wildman–Crippen MR) is 120 cm³/mol. The van der Waals surface area contributed by atoms with Gasteiger partial charge in [-0.15, -0.1) is 24.0 Å². The van der Waals surface area contributed by atoms with Gasteiger partial charge >= 0.3 is 0 Å². The van der Waals surface area contributed by atoms with Gasteiger partial charge in [-0.1, -0.05) is 46.5 Å². The number of aliphatic imine (C=N–C) groups is 1. The van der Waals surface area contributed by atoms with E-state index in [2.05, 4.69) is 21.7 Å². The molecule has 1 heterocycles. The Morgan fingerprint density at radius 3 is 2.50 bits per heavy atom. The van der Waals surface area contributed by atoms with Crippen LogP contribution in [0.4, 0.5) is 0 Å². The van der Waals surface area contributed by atoms with Crippen LogP contribution in [0.2, 0.25) is 15.1 Å². The van der Waals surface area contributed by atoms with Crippen LogP contribution < -0.4 is 15.4 Å². The summed E-state index contributed by atoms with van der Waals surface area (Å²) in [6, 6.07) is 3.20. The number of ether oxygens (including phenoxy) is 2. The summed E-state index contributed by atoms with van der Waals surface area (Å²) in [6.45, 7) is 3.30. The fraction of sp³-hybridized carbons (Fsp3) is 0.471. The Balaban J connectivity index is 0.00000338. The van der Waals surface area contributed by atoms with Crippen LogP contribution in [0.3, 0.4) is 0 Å². The molecule has 9 heteroatoms. The van der Waals surface area contributed by atoms with E-state index in [1.165, 1.54) is 5.57 Å². The average Bonchev–Trinajstić information content (AvgIpc) is 2.59. The van der Waals surface area contributed by atoms with Gasteiger partial charge in [0, 0.05) is 18.6 Å². The molecule has 1 aliphatic heterocycles. The quantitative estimate of drug-likeness (QED) is 0.177. The van der Waals surface area contributed by atoms with Crippen molar-refractivity contribution in [3.63, 3.8) is 0 Å². The molecule has 0 unspecified atom stereocenters. The molecule has 1 aromatic rings. The minimum Gasteiger partial charge on any atom is -0.489 e. The summed E-state index contributed by atoms with van der Waals surface area (Å²) in [5.74, 6) is 1.16. The standard InChI is InChI=1S/C17H22Cl3N3O2.HI/c1-21-17(22-5-2-12-3-7-24-8-4-12)23-6-9-25-16-14(19)10-13(18)11-15(16)20;/h3,10-11H,2,4-9H2,1H3,(H2,21,22,23);1H. The van der Waals surface area contributed by atoms with Crippen molar-refractivity contribution < 1.29 is 9.47 Å². The third-order valence-electron chi connectivity index (χ3n) is 3.62. The lowest BCUT2D eigenvalue weighted by atomic mass is 10.1. The molecule has 1 aromatic carbocycles. The van der Waals surface area contributed by atoms with Crippen LogP contribution in [0.5, 0.6) is 5.75 Å². The second-order valence-corrected chi connectivity index (χ2v) is 6.66. The van der Waals surface area contributed by atoms with Crippen molar-refractivity contribution in [1.29, 1.82) is 0 Å². The number of hydrogen-bond acceptors (Lipinski definition) is 3. The number of guanidine groups is 1. The van der Waals surface area contributed by atoms with Crippen LogP contribution in [-0.2, 0) is 4.74 Å². The molecule has 0 bridgehead atoms. The molecule has 0 radical (unpaired) electrons. The maximum Gasteiger partial charge on any atom is 0.191 e. The maximum atomic E-state index is 6.08. The second kappa shape index (κ2) is 12.9. The van der Waals surface area contributed by atoms with Crippen molar-refractivity contribution in [3.05, 3.63) is 38.8 Å². The Hall–Kier alpha value is -0.410. The van der Waals surface area contributed by atoms with Gasteiger partial charge in [0.15, 0.2) is 11.7 Å². The SMILES string of the molecule is CN=C(NCCOc1c(Cl)cc(Cl)cc1Cl)NCCC1=CCOCC1.I. The highest BCUT2D eigenvalue weighted by molar-refractivity contribution is 14.0. The highest BCUT2D eigenvalue weighted by Crippen LogP contribution is 2.35. The third-order valence-corrected chi connectivity index (χ3v) is 4.40. The molecule has 146 valence electrons. The molecule has 0 saturated carbocycles. The number of nitrogens with one attached hydrogen (secondary N) is 2. The van der Waals surface area contributed by atoms with Gasteiger partial charge in [0.1, 0.15) is 6.61 Å². The molecule has 1 aliphatic rings. The van der Waals surface area contributed by atoms with Crippen LogP contribution in [0.15, 0.2) is 28.8 Å². The first-order valence-corrected chi connectivity index (χ1v) is 9.21. The van der Waals surface area contributed by atoms with E-state index in [0.29, 0.717) is 34.0 Å². The first-order valence-electron chi connectivity index (χ1n) is 8.07. The topological polar surface area (TPSA) is 54.9 Å². The van der Waals surface area contributed by atoms with E-state index in [0.717, 1.165) is 38.6 Å². The Morgan fingerprint density at radius 1 is 1.19 bits per heavy atom. The van der Waals surface area contributed by atoms with E-state index in [-0.39, 0.29) is 24.0 Å².